The van der Waals surface area contributed by atoms with Gasteiger partial charge < -0.3 is 15.4 Å². The zero-order valence-corrected chi connectivity index (χ0v) is 12.7. The molecule has 20 heavy (non-hydrogen) atoms. The molecule has 2 rings (SSSR count). The van der Waals surface area contributed by atoms with Gasteiger partial charge in [-0.1, -0.05) is 0 Å². The third-order valence-corrected chi connectivity index (χ3v) is 4.25. The lowest BCUT2D eigenvalue weighted by Crippen LogP contribution is -2.53. The predicted molar refractivity (Wildman–Crippen MR) is 76.2 cm³/mol. The fourth-order valence-electron chi connectivity index (χ4n) is 3.54. The molecule has 0 spiro atoms. The number of likely N-dealkylation sites (tertiary alicyclic amines) is 1. The smallest absolute Gasteiger partial charge is 0.410 e. The van der Waals surface area contributed by atoms with Gasteiger partial charge in [0, 0.05) is 25.9 Å². The highest BCUT2D eigenvalue weighted by molar-refractivity contribution is 5.80. The molecule has 1 saturated heterocycles. The summed E-state index contributed by atoms with van der Waals surface area (Å²) in [5.41, 5.74) is 5.21. The van der Waals surface area contributed by atoms with Crippen LogP contribution in [0.25, 0.3) is 0 Å². The number of piperidine rings is 1. The van der Waals surface area contributed by atoms with Crippen LogP contribution < -0.4 is 5.73 Å². The lowest BCUT2D eigenvalue weighted by Gasteiger charge is -2.46. The van der Waals surface area contributed by atoms with E-state index < -0.39 is 5.60 Å². The van der Waals surface area contributed by atoms with E-state index in [1.165, 1.54) is 0 Å². The second-order valence-corrected chi connectivity index (χ2v) is 7.09. The number of Topliss-reactive ketones (excluding diaryl/α,β-unsaturated/α-hetero) is 1. The first-order chi connectivity index (χ1) is 9.30. The van der Waals surface area contributed by atoms with Crippen molar-refractivity contribution in [2.75, 3.05) is 19.6 Å². The van der Waals surface area contributed by atoms with Gasteiger partial charge in [0.2, 0.25) is 0 Å². The van der Waals surface area contributed by atoms with Crippen molar-refractivity contribution in [3.63, 3.8) is 0 Å². The highest BCUT2D eigenvalue weighted by Crippen LogP contribution is 2.40. The molecule has 0 radical (unpaired) electrons. The predicted octanol–water partition coefficient (Wildman–Crippen LogP) is 1.80. The number of rotatable bonds is 2. The standard InChI is InChI=1S/C15H26N2O3/c1-15(2,3)20-14(19)17-8-10-6-12(18)7-11(9-17)13(10)4-5-16/h10-11,13H,4-9,16H2,1-3H3. The Morgan fingerprint density at radius 1 is 1.30 bits per heavy atom. The Labute approximate surface area is 120 Å². The number of amides is 1. The maximum Gasteiger partial charge on any atom is 0.410 e. The van der Waals surface area contributed by atoms with Crippen LogP contribution in [0, 0.1) is 17.8 Å². The van der Waals surface area contributed by atoms with Crippen LogP contribution in [0.3, 0.4) is 0 Å². The molecule has 0 aromatic heterocycles. The summed E-state index contributed by atoms with van der Waals surface area (Å²) in [6, 6.07) is 0. The number of hydrogen-bond acceptors (Lipinski definition) is 4. The van der Waals surface area contributed by atoms with E-state index in [2.05, 4.69) is 0 Å². The zero-order valence-electron chi connectivity index (χ0n) is 12.7. The highest BCUT2D eigenvalue weighted by Gasteiger charge is 2.43. The summed E-state index contributed by atoms with van der Waals surface area (Å²) >= 11 is 0. The minimum atomic E-state index is -0.476. The number of fused-ring (bicyclic) bond motifs is 2. The fourth-order valence-corrected chi connectivity index (χ4v) is 3.54. The van der Waals surface area contributed by atoms with Gasteiger partial charge in [0.25, 0.3) is 0 Å². The average Bonchev–Trinajstić information content (AvgIpc) is 2.27. The van der Waals surface area contributed by atoms with Crippen LogP contribution >= 0.6 is 0 Å². The molecule has 2 fully saturated rings. The summed E-state index contributed by atoms with van der Waals surface area (Å²) in [4.78, 5) is 25.7. The summed E-state index contributed by atoms with van der Waals surface area (Å²) in [6.07, 6.45) is 1.86. The Bertz CT molecular complexity index is 371. The van der Waals surface area contributed by atoms with Crippen LogP contribution in [0.1, 0.15) is 40.0 Å². The Morgan fingerprint density at radius 2 is 1.85 bits per heavy atom. The molecule has 0 aromatic rings. The van der Waals surface area contributed by atoms with Gasteiger partial charge in [-0.3, -0.25) is 4.79 Å². The van der Waals surface area contributed by atoms with Crippen molar-refractivity contribution in [1.82, 2.24) is 4.90 Å². The maximum absolute atomic E-state index is 12.2. The molecule has 1 aliphatic heterocycles. The van der Waals surface area contributed by atoms with Gasteiger partial charge in [-0.25, -0.2) is 4.79 Å². The number of carbonyl (C=O) groups excluding carboxylic acids is 2. The van der Waals surface area contributed by atoms with E-state index in [9.17, 15) is 9.59 Å². The molecule has 1 aliphatic carbocycles. The molecule has 2 unspecified atom stereocenters. The fraction of sp³-hybridized carbons (Fsp3) is 0.867. The van der Waals surface area contributed by atoms with E-state index in [-0.39, 0.29) is 17.9 Å². The summed E-state index contributed by atoms with van der Waals surface area (Å²) in [5.74, 6) is 1.32. The first kappa shape index (κ1) is 15.3. The van der Waals surface area contributed by atoms with Crippen molar-refractivity contribution >= 4 is 11.9 Å². The van der Waals surface area contributed by atoms with Gasteiger partial charge >= 0.3 is 6.09 Å². The zero-order chi connectivity index (χ0) is 14.9. The first-order valence-corrected chi connectivity index (χ1v) is 7.50. The van der Waals surface area contributed by atoms with Gasteiger partial charge in [-0.2, -0.15) is 0 Å². The van der Waals surface area contributed by atoms with E-state index >= 15 is 0 Å². The van der Waals surface area contributed by atoms with Gasteiger partial charge in [0.1, 0.15) is 11.4 Å². The van der Waals surface area contributed by atoms with E-state index in [0.29, 0.717) is 44.2 Å². The van der Waals surface area contributed by atoms with Gasteiger partial charge in [-0.05, 0) is 51.5 Å². The molecule has 0 aromatic carbocycles. The number of hydrogen-bond donors (Lipinski definition) is 1. The minimum Gasteiger partial charge on any atom is -0.444 e. The molecule has 2 bridgehead atoms. The Hall–Kier alpha value is -1.10. The number of carbonyl (C=O) groups is 2. The van der Waals surface area contributed by atoms with E-state index in [4.69, 9.17) is 10.5 Å². The number of nitrogens with two attached hydrogens (primary N) is 1. The number of nitrogens with zero attached hydrogens (tertiary/aromatic N) is 1. The van der Waals surface area contributed by atoms with Gasteiger partial charge in [0.05, 0.1) is 0 Å². The molecule has 1 saturated carbocycles. The minimum absolute atomic E-state index is 0.256. The molecule has 114 valence electrons. The van der Waals surface area contributed by atoms with Crippen molar-refractivity contribution in [3.05, 3.63) is 0 Å². The lowest BCUT2D eigenvalue weighted by molar-refractivity contribution is -0.128. The van der Waals surface area contributed by atoms with Gasteiger partial charge in [0.15, 0.2) is 0 Å². The molecule has 5 nitrogen and oxygen atoms in total. The van der Waals surface area contributed by atoms with Crippen molar-refractivity contribution in [2.24, 2.45) is 23.5 Å². The Morgan fingerprint density at radius 3 is 2.30 bits per heavy atom. The van der Waals surface area contributed by atoms with Crippen molar-refractivity contribution < 1.29 is 14.3 Å². The molecule has 5 heteroatoms. The third kappa shape index (κ3) is 3.51. The van der Waals surface area contributed by atoms with Crippen molar-refractivity contribution in [1.29, 1.82) is 0 Å². The molecular formula is C15H26N2O3. The molecule has 1 heterocycles. The Kier molecular flexibility index (Phi) is 4.37. The first-order valence-electron chi connectivity index (χ1n) is 7.50. The van der Waals surface area contributed by atoms with Crippen molar-refractivity contribution in [2.45, 2.75) is 45.6 Å². The topological polar surface area (TPSA) is 72.6 Å². The summed E-state index contributed by atoms with van der Waals surface area (Å²) in [7, 11) is 0. The molecule has 1 amide bonds. The molecular weight excluding hydrogens is 256 g/mol. The monoisotopic (exact) mass is 282 g/mol. The van der Waals surface area contributed by atoms with Crippen LogP contribution in [0.5, 0.6) is 0 Å². The van der Waals surface area contributed by atoms with E-state index in [1.807, 2.05) is 20.8 Å². The molecule has 2 N–H and O–H groups in total. The van der Waals surface area contributed by atoms with E-state index in [0.717, 1.165) is 6.42 Å². The number of ether oxygens (including phenoxy) is 1. The third-order valence-electron chi connectivity index (χ3n) is 4.25. The van der Waals surface area contributed by atoms with Crippen LogP contribution in [0.15, 0.2) is 0 Å². The summed E-state index contributed by atoms with van der Waals surface area (Å²) in [5, 5.41) is 0. The van der Waals surface area contributed by atoms with E-state index in [1.54, 1.807) is 4.90 Å². The van der Waals surface area contributed by atoms with Crippen LogP contribution in [0.4, 0.5) is 4.79 Å². The highest BCUT2D eigenvalue weighted by atomic mass is 16.6. The second-order valence-electron chi connectivity index (χ2n) is 7.09. The van der Waals surface area contributed by atoms with Crippen LogP contribution in [0.2, 0.25) is 0 Å². The largest absolute Gasteiger partial charge is 0.444 e. The molecule has 2 aliphatic rings. The average molecular weight is 282 g/mol. The summed E-state index contributed by atoms with van der Waals surface area (Å²) in [6.45, 7) is 7.52. The van der Waals surface area contributed by atoms with Gasteiger partial charge in [-0.15, -0.1) is 0 Å². The normalized spacial score (nSPS) is 30.3. The SMILES string of the molecule is CC(C)(C)OC(=O)N1CC2CC(=O)CC(C1)C2CCN. The molecule has 2 atom stereocenters. The Balaban J connectivity index is 2.04. The van der Waals surface area contributed by atoms with Crippen LogP contribution in [-0.2, 0) is 9.53 Å². The lowest BCUT2D eigenvalue weighted by atomic mass is 9.67. The van der Waals surface area contributed by atoms with Crippen LogP contribution in [-0.4, -0.2) is 42.0 Å². The van der Waals surface area contributed by atoms with Crippen molar-refractivity contribution in [3.8, 4) is 0 Å². The second kappa shape index (κ2) is 5.72. The number of ketones is 1. The quantitative estimate of drug-likeness (QED) is 0.838. The maximum atomic E-state index is 12.2. The summed E-state index contributed by atoms with van der Waals surface area (Å²) < 4.78 is 5.44.